The molecule has 9 heteroatoms. The van der Waals surface area contributed by atoms with E-state index in [4.69, 9.17) is 0 Å². The number of rotatable bonds is 6. The molecular formula is C51H51I3N6. The zero-order chi connectivity index (χ0) is 39.7. The molecular weight excluding hydrogens is 1080 g/mol. The fraction of sp³-hybridized carbons (Fsp3) is 0.118. The van der Waals surface area contributed by atoms with Gasteiger partial charge >= 0.3 is 0 Å². The first-order valence-electron chi connectivity index (χ1n) is 19.3. The smallest absolute Gasteiger partial charge is 0.238 e. The van der Waals surface area contributed by atoms with Crippen LogP contribution in [-0.2, 0) is 42.3 Å². The standard InChI is InChI=1S/3C17H17N2.3HI/c3*1-18-16(14-9-5-3-6-10-14)13-17(19(18)2)15-11-7-4-8-12-15;;;/h3*3-13H,1-2H3;3*1H/q3*+1;;;/p-3. The monoisotopic (exact) mass is 1130 g/mol. The summed E-state index contributed by atoms with van der Waals surface area (Å²) < 4.78 is 13.1. The van der Waals surface area contributed by atoms with Crippen molar-refractivity contribution in [1.29, 1.82) is 0 Å². The maximum atomic E-state index is 2.24. The molecule has 0 aliphatic carbocycles. The molecule has 6 nitrogen and oxygen atoms in total. The van der Waals surface area contributed by atoms with Crippen molar-refractivity contribution < 1.29 is 86.0 Å². The number of hydrogen-bond donors (Lipinski definition) is 0. The van der Waals surface area contributed by atoms with Crippen molar-refractivity contribution in [1.82, 2.24) is 14.0 Å². The predicted molar refractivity (Wildman–Crippen MR) is 232 cm³/mol. The molecule has 0 N–H and O–H groups in total. The lowest BCUT2D eigenvalue weighted by molar-refractivity contribution is -0.740. The molecule has 0 saturated heterocycles. The summed E-state index contributed by atoms with van der Waals surface area (Å²) in [6.45, 7) is 0. The van der Waals surface area contributed by atoms with Crippen LogP contribution in [0.1, 0.15) is 0 Å². The lowest BCUT2D eigenvalue weighted by Crippen LogP contribution is -3.00. The van der Waals surface area contributed by atoms with E-state index < -0.39 is 0 Å². The zero-order valence-corrected chi connectivity index (χ0v) is 41.3. The van der Waals surface area contributed by atoms with Gasteiger partial charge in [0.15, 0.2) is 21.1 Å². The molecule has 0 saturated carbocycles. The van der Waals surface area contributed by atoms with E-state index in [0.29, 0.717) is 0 Å². The van der Waals surface area contributed by atoms with Crippen LogP contribution in [-0.4, -0.2) is 14.0 Å². The third kappa shape index (κ3) is 10.9. The van der Waals surface area contributed by atoms with Crippen molar-refractivity contribution in [3.05, 3.63) is 200 Å². The third-order valence-corrected chi connectivity index (χ3v) is 10.7. The van der Waals surface area contributed by atoms with Gasteiger partial charge in [-0.1, -0.05) is 146 Å². The maximum Gasteiger partial charge on any atom is 0.238 e. The largest absolute Gasteiger partial charge is 1.00 e. The lowest BCUT2D eigenvalue weighted by atomic mass is 10.1. The summed E-state index contributed by atoms with van der Waals surface area (Å²) in [6, 6.07) is 69.6. The SMILES string of the molecule is Cn1c(-c2ccccc2)cc(-c2ccccc2)[n+]1C.Cn1c(-c2ccccc2)cc(-c2ccccc2)[n+]1C.Cn1c(-c2ccccc2)cc(-c2ccccc2)[n+]1C.[I-].[I-].[I-]. The Kier molecular flexibility index (Phi) is 18.1. The van der Waals surface area contributed by atoms with Gasteiger partial charge in [0.1, 0.15) is 17.1 Å². The molecule has 0 unspecified atom stereocenters. The first-order chi connectivity index (χ1) is 27.8. The van der Waals surface area contributed by atoms with Gasteiger partial charge in [0.25, 0.3) is 0 Å². The van der Waals surface area contributed by atoms with Gasteiger partial charge < -0.3 is 71.9 Å². The lowest BCUT2D eigenvalue weighted by Gasteiger charge is -1.99. The molecule has 9 aromatic rings. The van der Waals surface area contributed by atoms with Crippen LogP contribution < -0.4 is 86.0 Å². The van der Waals surface area contributed by atoms with Gasteiger partial charge in [0, 0.05) is 51.6 Å². The summed E-state index contributed by atoms with van der Waals surface area (Å²) in [7, 11) is 12.6. The number of halogens is 3. The molecule has 0 aliphatic rings. The van der Waals surface area contributed by atoms with Gasteiger partial charge in [-0.25, -0.2) is 0 Å². The molecule has 306 valence electrons. The highest BCUT2D eigenvalue weighted by Gasteiger charge is 2.21. The Morgan fingerprint density at radius 3 is 0.617 bits per heavy atom. The number of nitrogens with zero attached hydrogens (tertiary/aromatic N) is 6. The van der Waals surface area contributed by atoms with E-state index in [-0.39, 0.29) is 71.9 Å². The van der Waals surface area contributed by atoms with E-state index in [9.17, 15) is 0 Å². The minimum absolute atomic E-state index is 0. The first-order valence-corrected chi connectivity index (χ1v) is 19.3. The summed E-state index contributed by atoms with van der Waals surface area (Å²) in [4.78, 5) is 0. The molecule has 6 aromatic carbocycles. The van der Waals surface area contributed by atoms with E-state index in [0.717, 1.165) is 0 Å². The van der Waals surface area contributed by atoms with Gasteiger partial charge in [-0.15, -0.1) is 14.0 Å². The van der Waals surface area contributed by atoms with Gasteiger partial charge in [-0.3, -0.25) is 0 Å². The van der Waals surface area contributed by atoms with E-state index in [1.807, 2.05) is 36.4 Å². The van der Waals surface area contributed by atoms with E-state index >= 15 is 0 Å². The van der Waals surface area contributed by atoms with Gasteiger partial charge in [-0.05, 0) is 36.4 Å². The van der Waals surface area contributed by atoms with E-state index in [1.54, 1.807) is 0 Å². The Labute approximate surface area is 406 Å². The molecule has 60 heavy (non-hydrogen) atoms. The molecule has 0 radical (unpaired) electrons. The van der Waals surface area contributed by atoms with Gasteiger partial charge in [0.05, 0.1) is 21.1 Å². The Morgan fingerprint density at radius 2 is 0.433 bits per heavy atom. The molecule has 0 atom stereocenters. The minimum Gasteiger partial charge on any atom is -1.00 e. The number of hydrogen-bond acceptors (Lipinski definition) is 0. The molecule has 3 heterocycles. The molecule has 0 aliphatic heterocycles. The Bertz CT molecular complexity index is 2180. The Hall–Kier alpha value is -4.86. The highest BCUT2D eigenvalue weighted by Crippen LogP contribution is 2.26. The van der Waals surface area contributed by atoms with Crippen LogP contribution in [0.25, 0.3) is 67.5 Å². The quantitative estimate of drug-likeness (QED) is 0.172. The van der Waals surface area contributed by atoms with Crippen molar-refractivity contribution >= 4 is 0 Å². The van der Waals surface area contributed by atoms with Crippen LogP contribution >= 0.6 is 0 Å². The van der Waals surface area contributed by atoms with E-state index in [1.165, 1.54) is 67.5 Å². The first kappa shape index (κ1) is 47.8. The summed E-state index contributed by atoms with van der Waals surface area (Å²) >= 11 is 0. The zero-order valence-electron chi connectivity index (χ0n) is 34.9. The Balaban J connectivity index is 0.000000194. The molecule has 0 spiro atoms. The van der Waals surface area contributed by atoms with E-state index in [2.05, 4.69) is 234 Å². The average Bonchev–Trinajstić information content (AvgIpc) is 3.87. The second-order valence-electron chi connectivity index (χ2n) is 14.1. The topological polar surface area (TPSA) is 26.4 Å². The molecule has 0 bridgehead atoms. The molecule has 3 aromatic heterocycles. The number of benzene rings is 6. The van der Waals surface area contributed by atoms with Crippen molar-refractivity contribution in [2.24, 2.45) is 42.3 Å². The molecule has 0 amide bonds. The van der Waals surface area contributed by atoms with Gasteiger partial charge in [0.2, 0.25) is 17.1 Å². The van der Waals surface area contributed by atoms with Crippen molar-refractivity contribution in [3.8, 4) is 67.5 Å². The fourth-order valence-corrected chi connectivity index (χ4v) is 7.19. The molecule has 9 rings (SSSR count). The summed E-state index contributed by atoms with van der Waals surface area (Å²) in [5, 5.41) is 0. The normalized spacial score (nSPS) is 10.1. The van der Waals surface area contributed by atoms with Crippen molar-refractivity contribution in [3.63, 3.8) is 0 Å². The third-order valence-electron chi connectivity index (χ3n) is 10.7. The van der Waals surface area contributed by atoms with Crippen LogP contribution in [0.5, 0.6) is 0 Å². The van der Waals surface area contributed by atoms with Crippen LogP contribution in [0.15, 0.2) is 200 Å². The fourth-order valence-electron chi connectivity index (χ4n) is 7.19. The summed E-state index contributed by atoms with van der Waals surface area (Å²) in [5.41, 5.74) is 14.8. The Morgan fingerprint density at radius 1 is 0.267 bits per heavy atom. The van der Waals surface area contributed by atoms with Crippen molar-refractivity contribution in [2.45, 2.75) is 0 Å². The van der Waals surface area contributed by atoms with Crippen LogP contribution in [0.3, 0.4) is 0 Å². The highest BCUT2D eigenvalue weighted by molar-refractivity contribution is 5.68. The average molecular weight is 1130 g/mol. The minimum atomic E-state index is 0. The summed E-state index contributed by atoms with van der Waals surface area (Å²) in [6.07, 6.45) is 0. The maximum absolute atomic E-state index is 2.24. The van der Waals surface area contributed by atoms with Crippen LogP contribution in [0.4, 0.5) is 0 Å². The van der Waals surface area contributed by atoms with Crippen molar-refractivity contribution in [2.75, 3.05) is 0 Å². The van der Waals surface area contributed by atoms with Crippen LogP contribution in [0, 0.1) is 0 Å². The second kappa shape index (κ2) is 22.7. The predicted octanol–water partition coefficient (Wildman–Crippen LogP) is 0.563. The van der Waals surface area contributed by atoms with Crippen LogP contribution in [0.2, 0.25) is 0 Å². The summed E-state index contributed by atoms with van der Waals surface area (Å²) in [5.74, 6) is 0. The van der Waals surface area contributed by atoms with Gasteiger partial charge in [-0.2, -0.15) is 14.0 Å². The number of aromatic nitrogens is 6. The second-order valence-corrected chi connectivity index (χ2v) is 14.1. The molecule has 0 fully saturated rings. The highest BCUT2D eigenvalue weighted by atomic mass is 127.